The van der Waals surface area contributed by atoms with Crippen LogP contribution in [0.15, 0.2) is 96.7 Å². The summed E-state index contributed by atoms with van der Waals surface area (Å²) in [7, 11) is 0. The highest BCUT2D eigenvalue weighted by Gasteiger charge is 2.34. The first-order valence-corrected chi connectivity index (χ1v) is 9.41. The second kappa shape index (κ2) is 8.01. The first-order chi connectivity index (χ1) is 13.8. The Morgan fingerprint density at radius 2 is 1.54 bits per heavy atom. The highest BCUT2D eigenvalue weighted by molar-refractivity contribution is 6.11. The molecule has 0 saturated carbocycles. The Hall–Kier alpha value is -3.53. The van der Waals surface area contributed by atoms with Gasteiger partial charge in [-0.15, -0.1) is 0 Å². The molecule has 0 spiro atoms. The predicted molar refractivity (Wildman–Crippen MR) is 112 cm³/mol. The van der Waals surface area contributed by atoms with Gasteiger partial charge >= 0.3 is 0 Å². The first kappa shape index (κ1) is 17.9. The van der Waals surface area contributed by atoms with Crippen LogP contribution in [0, 0.1) is 0 Å². The molecule has 0 saturated heterocycles. The number of hydrogen-bond acceptors (Lipinski definition) is 3. The summed E-state index contributed by atoms with van der Waals surface area (Å²) < 4.78 is 5.55. The maximum absolute atomic E-state index is 13.2. The maximum atomic E-state index is 13.2. The van der Waals surface area contributed by atoms with Crippen LogP contribution < -0.4 is 15.0 Å². The fraction of sp³-hybridized carbons (Fsp3) is 0.125. The molecular formula is C24H22N2O2. The minimum absolute atomic E-state index is 0.0473. The van der Waals surface area contributed by atoms with Crippen molar-refractivity contribution in [2.24, 2.45) is 0 Å². The molecule has 0 aliphatic carbocycles. The normalized spacial score (nSPS) is 16.0. The Morgan fingerprint density at radius 3 is 2.18 bits per heavy atom. The second-order valence-electron chi connectivity index (χ2n) is 6.53. The third-order valence-electron chi connectivity index (χ3n) is 4.67. The van der Waals surface area contributed by atoms with E-state index in [-0.39, 0.29) is 11.9 Å². The molecule has 0 bridgehead atoms. The molecule has 0 aromatic heterocycles. The number of carbonyl (C=O) groups excluding carboxylic acids is 1. The molecule has 3 aromatic carbocycles. The molecule has 0 unspecified atom stereocenters. The molecule has 1 N–H and O–H groups in total. The number of para-hydroxylation sites is 2. The average molecular weight is 370 g/mol. The summed E-state index contributed by atoms with van der Waals surface area (Å²) in [4.78, 5) is 15.1. The molecule has 4 nitrogen and oxygen atoms in total. The lowest BCUT2D eigenvalue weighted by Gasteiger charge is -2.25. The molecule has 1 amide bonds. The van der Waals surface area contributed by atoms with Gasteiger partial charge in [-0.3, -0.25) is 9.69 Å². The van der Waals surface area contributed by atoms with Gasteiger partial charge in [0.2, 0.25) is 0 Å². The van der Waals surface area contributed by atoms with Crippen molar-refractivity contribution in [1.82, 2.24) is 0 Å². The Labute approximate surface area is 165 Å². The third kappa shape index (κ3) is 3.62. The molecule has 1 aliphatic rings. The van der Waals surface area contributed by atoms with E-state index in [1.165, 1.54) is 0 Å². The fourth-order valence-electron chi connectivity index (χ4n) is 3.37. The minimum atomic E-state index is -0.184. The van der Waals surface area contributed by atoms with E-state index in [1.54, 1.807) is 0 Å². The van der Waals surface area contributed by atoms with Crippen molar-refractivity contribution in [2.75, 3.05) is 16.8 Å². The quantitative estimate of drug-likeness (QED) is 0.651. The van der Waals surface area contributed by atoms with Crippen molar-refractivity contribution in [2.45, 2.75) is 13.0 Å². The molecule has 1 aliphatic heterocycles. The standard InChI is InChI=1S/C24H22N2O2/c1-2-28-21-15-13-18(14-16-21)23-17-22(25-19-9-5-3-6-10-19)24(27)26(23)20-11-7-4-8-12-20/h3-17,23,25H,2H2,1H3/t23-/m0/s1. The number of anilines is 2. The van der Waals surface area contributed by atoms with Crippen molar-refractivity contribution in [1.29, 1.82) is 0 Å². The van der Waals surface area contributed by atoms with Gasteiger partial charge in [0.05, 0.1) is 12.6 Å². The number of carbonyl (C=O) groups is 1. The van der Waals surface area contributed by atoms with Gasteiger partial charge in [-0.25, -0.2) is 0 Å². The molecule has 0 fully saturated rings. The smallest absolute Gasteiger partial charge is 0.275 e. The topological polar surface area (TPSA) is 41.6 Å². The zero-order chi connectivity index (χ0) is 19.3. The van der Waals surface area contributed by atoms with Crippen molar-refractivity contribution in [3.63, 3.8) is 0 Å². The predicted octanol–water partition coefficient (Wildman–Crippen LogP) is 5.17. The average Bonchev–Trinajstić information content (AvgIpc) is 3.06. The Kier molecular flexibility index (Phi) is 5.11. The van der Waals surface area contributed by atoms with Crippen molar-refractivity contribution in [3.8, 4) is 5.75 Å². The van der Waals surface area contributed by atoms with Crippen LogP contribution in [0.5, 0.6) is 5.75 Å². The molecule has 3 aromatic rings. The van der Waals surface area contributed by atoms with Crippen molar-refractivity contribution in [3.05, 3.63) is 102 Å². The maximum Gasteiger partial charge on any atom is 0.275 e. The number of hydrogen-bond donors (Lipinski definition) is 1. The minimum Gasteiger partial charge on any atom is -0.494 e. The molecule has 0 radical (unpaired) electrons. The summed E-state index contributed by atoms with van der Waals surface area (Å²) in [6, 6.07) is 27.2. The molecule has 4 rings (SSSR count). The van der Waals surface area contributed by atoms with Gasteiger partial charge in [-0.1, -0.05) is 48.5 Å². The van der Waals surface area contributed by atoms with Crippen molar-refractivity contribution < 1.29 is 9.53 Å². The van der Waals surface area contributed by atoms with E-state index in [2.05, 4.69) is 5.32 Å². The van der Waals surface area contributed by atoms with Gasteiger partial charge in [0.25, 0.3) is 5.91 Å². The van der Waals surface area contributed by atoms with Crippen LogP contribution in [0.2, 0.25) is 0 Å². The summed E-state index contributed by atoms with van der Waals surface area (Å²) in [6.07, 6.45) is 1.98. The third-order valence-corrected chi connectivity index (χ3v) is 4.67. The van der Waals surface area contributed by atoms with Gasteiger partial charge < -0.3 is 10.1 Å². The van der Waals surface area contributed by atoms with Crippen molar-refractivity contribution >= 4 is 17.3 Å². The summed E-state index contributed by atoms with van der Waals surface area (Å²) in [5.41, 5.74) is 3.37. The number of nitrogens with one attached hydrogen (secondary N) is 1. The molecule has 4 heteroatoms. The van der Waals surface area contributed by atoms with E-state index < -0.39 is 0 Å². The molecular weight excluding hydrogens is 348 g/mol. The summed E-state index contributed by atoms with van der Waals surface area (Å²) in [6.45, 7) is 2.59. The Balaban J connectivity index is 1.69. The van der Waals surface area contributed by atoms with E-state index in [1.807, 2.05) is 103 Å². The monoisotopic (exact) mass is 370 g/mol. The zero-order valence-electron chi connectivity index (χ0n) is 15.7. The van der Waals surface area contributed by atoms with Gasteiger partial charge in [-0.05, 0) is 55.0 Å². The van der Waals surface area contributed by atoms with Crippen LogP contribution in [-0.2, 0) is 4.79 Å². The highest BCUT2D eigenvalue weighted by Crippen LogP contribution is 2.36. The highest BCUT2D eigenvalue weighted by atomic mass is 16.5. The van der Waals surface area contributed by atoms with Gasteiger partial charge in [-0.2, -0.15) is 0 Å². The van der Waals surface area contributed by atoms with Crippen LogP contribution in [0.4, 0.5) is 11.4 Å². The molecule has 1 heterocycles. The largest absolute Gasteiger partial charge is 0.494 e. The zero-order valence-corrected chi connectivity index (χ0v) is 15.7. The molecule has 1 atom stereocenters. The summed E-state index contributed by atoms with van der Waals surface area (Å²) >= 11 is 0. The van der Waals surface area contributed by atoms with E-state index in [9.17, 15) is 4.79 Å². The number of rotatable bonds is 6. The van der Waals surface area contributed by atoms with Crippen LogP contribution in [0.1, 0.15) is 18.5 Å². The van der Waals surface area contributed by atoms with Gasteiger partial charge in [0.1, 0.15) is 11.4 Å². The van der Waals surface area contributed by atoms with E-state index >= 15 is 0 Å². The number of nitrogens with zero attached hydrogens (tertiary/aromatic N) is 1. The van der Waals surface area contributed by atoms with E-state index in [0.29, 0.717) is 12.3 Å². The van der Waals surface area contributed by atoms with Crippen LogP contribution in [-0.4, -0.2) is 12.5 Å². The van der Waals surface area contributed by atoms with E-state index in [4.69, 9.17) is 4.74 Å². The summed E-state index contributed by atoms with van der Waals surface area (Å²) in [5.74, 6) is 0.780. The van der Waals surface area contributed by atoms with Crippen LogP contribution >= 0.6 is 0 Å². The Bertz CT molecular complexity index is 967. The van der Waals surface area contributed by atoms with Crippen LogP contribution in [0.25, 0.3) is 0 Å². The first-order valence-electron chi connectivity index (χ1n) is 9.41. The molecule has 140 valence electrons. The Morgan fingerprint density at radius 1 is 0.893 bits per heavy atom. The SMILES string of the molecule is CCOc1ccc([C@@H]2C=C(Nc3ccccc3)C(=O)N2c2ccccc2)cc1. The molecule has 28 heavy (non-hydrogen) atoms. The number of ether oxygens (including phenoxy) is 1. The summed E-state index contributed by atoms with van der Waals surface area (Å²) in [5, 5.41) is 3.27. The lowest BCUT2D eigenvalue weighted by Crippen LogP contribution is -2.30. The van der Waals surface area contributed by atoms with Gasteiger partial charge in [0.15, 0.2) is 0 Å². The second-order valence-corrected chi connectivity index (χ2v) is 6.53. The lowest BCUT2D eigenvalue weighted by atomic mass is 10.1. The number of amides is 1. The lowest BCUT2D eigenvalue weighted by molar-refractivity contribution is -0.114. The van der Waals surface area contributed by atoms with Crippen LogP contribution in [0.3, 0.4) is 0 Å². The van der Waals surface area contributed by atoms with Gasteiger partial charge in [0, 0.05) is 11.4 Å². The van der Waals surface area contributed by atoms with E-state index in [0.717, 1.165) is 22.7 Å². The fourth-order valence-corrected chi connectivity index (χ4v) is 3.37. The number of benzene rings is 3.